The lowest BCUT2D eigenvalue weighted by atomic mass is 10.1. The first-order chi connectivity index (χ1) is 11.5. The minimum Gasteiger partial charge on any atom is -0.439 e. The Bertz CT molecular complexity index is 888. The number of carbonyl (C=O) groups is 3. The van der Waals surface area contributed by atoms with Gasteiger partial charge in [-0.3, -0.25) is 24.1 Å². The van der Waals surface area contributed by atoms with E-state index in [-0.39, 0.29) is 34.8 Å². The molecule has 0 N–H and O–H groups in total. The van der Waals surface area contributed by atoms with E-state index in [9.17, 15) is 19.2 Å². The van der Waals surface area contributed by atoms with E-state index in [0.717, 1.165) is 11.8 Å². The number of hydrogen-bond acceptors (Lipinski definition) is 6. The maximum absolute atomic E-state index is 12.5. The Morgan fingerprint density at radius 2 is 2.12 bits per heavy atom. The molecule has 0 aliphatic carbocycles. The molecule has 1 saturated heterocycles. The third-order valence-electron chi connectivity index (χ3n) is 3.90. The zero-order valence-corrected chi connectivity index (χ0v) is 13.8. The number of para-hydroxylation sites is 1. The van der Waals surface area contributed by atoms with Gasteiger partial charge in [0.15, 0.2) is 11.4 Å². The number of aldehydes is 1. The average molecular weight is 345 g/mol. The third-order valence-corrected chi connectivity index (χ3v) is 4.95. The second kappa shape index (κ2) is 6.60. The van der Waals surface area contributed by atoms with Crippen LogP contribution in [0, 0.1) is 5.92 Å². The molecule has 1 fully saturated rings. The van der Waals surface area contributed by atoms with Crippen molar-refractivity contribution in [2.45, 2.75) is 13.3 Å². The van der Waals surface area contributed by atoms with E-state index in [4.69, 9.17) is 4.42 Å². The number of carbonyl (C=O) groups excluding carboxylic acids is 3. The highest BCUT2D eigenvalue weighted by Gasteiger charge is 2.34. The van der Waals surface area contributed by atoms with Crippen molar-refractivity contribution in [1.29, 1.82) is 0 Å². The third kappa shape index (κ3) is 2.99. The monoisotopic (exact) mass is 345 g/mol. The predicted octanol–water partition coefficient (Wildman–Crippen LogP) is 2.24. The van der Waals surface area contributed by atoms with Crippen molar-refractivity contribution >= 4 is 45.9 Å². The lowest BCUT2D eigenvalue weighted by molar-refractivity contribution is -0.117. The van der Waals surface area contributed by atoms with E-state index >= 15 is 0 Å². The van der Waals surface area contributed by atoms with Crippen molar-refractivity contribution in [3.8, 4) is 0 Å². The summed E-state index contributed by atoms with van der Waals surface area (Å²) in [5.41, 5.74) is -0.268. The molecule has 0 spiro atoms. The van der Waals surface area contributed by atoms with Crippen LogP contribution in [0.1, 0.15) is 23.7 Å². The Morgan fingerprint density at radius 1 is 1.38 bits per heavy atom. The number of benzene rings is 1. The normalized spacial score (nSPS) is 17.5. The predicted molar refractivity (Wildman–Crippen MR) is 91.5 cm³/mol. The van der Waals surface area contributed by atoms with E-state index < -0.39 is 5.43 Å². The summed E-state index contributed by atoms with van der Waals surface area (Å²) < 4.78 is 5.69. The summed E-state index contributed by atoms with van der Waals surface area (Å²) in [5, 5.41) is 0.297. The molecule has 124 valence electrons. The van der Waals surface area contributed by atoms with E-state index in [1.54, 1.807) is 24.3 Å². The molecule has 1 unspecified atom stereocenters. The Kier molecular flexibility index (Phi) is 4.53. The van der Waals surface area contributed by atoms with Gasteiger partial charge in [0.1, 0.15) is 11.1 Å². The summed E-state index contributed by atoms with van der Waals surface area (Å²) in [6.45, 7) is 1.80. The standard InChI is InChI=1S/C17H15NO5S/c1-10(20)24-9-11-6-15(21)18(7-11)17-13(8-19)16(22)12-4-2-3-5-14(12)23-17/h2-5,8,11H,6-7,9H2,1H3. The first-order valence-electron chi connectivity index (χ1n) is 7.46. The molecule has 1 atom stereocenters. The molecule has 24 heavy (non-hydrogen) atoms. The van der Waals surface area contributed by atoms with Crippen molar-refractivity contribution < 1.29 is 18.8 Å². The number of thioether (sulfide) groups is 1. The average Bonchev–Trinajstić information content (AvgIpc) is 2.93. The SMILES string of the molecule is CC(=O)SCC1CC(=O)N(c2oc3ccccc3c(=O)c2C=O)C1. The maximum atomic E-state index is 12.5. The zero-order chi connectivity index (χ0) is 17.3. The van der Waals surface area contributed by atoms with Gasteiger partial charge < -0.3 is 4.42 Å². The fourth-order valence-electron chi connectivity index (χ4n) is 2.77. The van der Waals surface area contributed by atoms with Crippen LogP contribution in [-0.2, 0) is 9.59 Å². The molecule has 1 amide bonds. The fourth-order valence-corrected chi connectivity index (χ4v) is 3.47. The number of nitrogens with zero attached hydrogens (tertiary/aromatic N) is 1. The van der Waals surface area contributed by atoms with Crippen LogP contribution in [0.2, 0.25) is 0 Å². The van der Waals surface area contributed by atoms with Crippen LogP contribution in [0.4, 0.5) is 5.88 Å². The molecule has 0 bridgehead atoms. The van der Waals surface area contributed by atoms with Crippen molar-refractivity contribution in [1.82, 2.24) is 0 Å². The van der Waals surface area contributed by atoms with Gasteiger partial charge in [0.05, 0.1) is 5.39 Å². The molecular weight excluding hydrogens is 330 g/mol. The van der Waals surface area contributed by atoms with Crippen LogP contribution in [0.3, 0.4) is 0 Å². The van der Waals surface area contributed by atoms with Crippen LogP contribution in [-0.4, -0.2) is 29.6 Å². The second-order valence-corrected chi connectivity index (χ2v) is 6.84. The van der Waals surface area contributed by atoms with Gasteiger partial charge in [0.2, 0.25) is 17.2 Å². The van der Waals surface area contributed by atoms with Gasteiger partial charge in [-0.25, -0.2) is 0 Å². The summed E-state index contributed by atoms with van der Waals surface area (Å²) in [5.74, 6) is 0.272. The van der Waals surface area contributed by atoms with E-state index in [0.29, 0.717) is 29.6 Å². The minimum absolute atomic E-state index is 0.00553. The Balaban J connectivity index is 2.00. The first-order valence-corrected chi connectivity index (χ1v) is 8.44. The van der Waals surface area contributed by atoms with Crippen molar-refractivity contribution in [2.24, 2.45) is 5.92 Å². The summed E-state index contributed by atoms with van der Waals surface area (Å²) in [4.78, 5) is 48.6. The molecule has 6 nitrogen and oxygen atoms in total. The Labute approximate surface area is 141 Å². The number of fused-ring (bicyclic) bond motifs is 1. The lowest BCUT2D eigenvalue weighted by Gasteiger charge is -2.17. The van der Waals surface area contributed by atoms with Crippen LogP contribution in [0.5, 0.6) is 0 Å². The van der Waals surface area contributed by atoms with Gasteiger partial charge in [-0.15, -0.1) is 0 Å². The molecule has 2 aromatic rings. The maximum Gasteiger partial charge on any atom is 0.229 e. The lowest BCUT2D eigenvalue weighted by Crippen LogP contribution is -2.28. The fraction of sp³-hybridized carbons (Fsp3) is 0.294. The van der Waals surface area contributed by atoms with Crippen molar-refractivity contribution in [3.63, 3.8) is 0 Å². The molecule has 7 heteroatoms. The van der Waals surface area contributed by atoms with E-state index in [2.05, 4.69) is 0 Å². The Hall–Kier alpha value is -2.41. The molecule has 1 aromatic carbocycles. The molecule has 1 aliphatic rings. The van der Waals surface area contributed by atoms with Crippen LogP contribution < -0.4 is 10.3 Å². The molecular formula is C17H15NO5S. The minimum atomic E-state index is -0.448. The quantitative estimate of drug-likeness (QED) is 0.790. The van der Waals surface area contributed by atoms with Gasteiger partial charge in [-0.2, -0.15) is 0 Å². The number of anilines is 1. The summed E-state index contributed by atoms with van der Waals surface area (Å²) >= 11 is 1.16. The molecule has 0 radical (unpaired) electrons. The van der Waals surface area contributed by atoms with Crippen LogP contribution in [0.15, 0.2) is 33.5 Å². The van der Waals surface area contributed by atoms with Crippen molar-refractivity contribution in [2.75, 3.05) is 17.2 Å². The first kappa shape index (κ1) is 16.4. The summed E-state index contributed by atoms with van der Waals surface area (Å²) in [6.07, 6.45) is 0.688. The van der Waals surface area contributed by atoms with Crippen LogP contribution >= 0.6 is 11.8 Å². The highest BCUT2D eigenvalue weighted by atomic mass is 32.2. The topological polar surface area (TPSA) is 84.7 Å². The highest BCUT2D eigenvalue weighted by Crippen LogP contribution is 2.30. The second-order valence-electron chi connectivity index (χ2n) is 5.64. The molecule has 3 rings (SSSR count). The van der Waals surface area contributed by atoms with Gasteiger partial charge >= 0.3 is 0 Å². The van der Waals surface area contributed by atoms with Gasteiger partial charge in [-0.05, 0) is 18.1 Å². The molecule has 0 saturated carbocycles. The number of rotatable bonds is 4. The largest absolute Gasteiger partial charge is 0.439 e. The highest BCUT2D eigenvalue weighted by molar-refractivity contribution is 8.13. The smallest absolute Gasteiger partial charge is 0.229 e. The molecule has 2 heterocycles. The summed E-state index contributed by atoms with van der Waals surface area (Å²) in [6, 6.07) is 6.60. The van der Waals surface area contributed by atoms with Crippen LogP contribution in [0.25, 0.3) is 11.0 Å². The number of hydrogen-bond donors (Lipinski definition) is 0. The van der Waals surface area contributed by atoms with Gasteiger partial charge in [0, 0.05) is 25.6 Å². The molecule has 1 aliphatic heterocycles. The van der Waals surface area contributed by atoms with E-state index in [1.165, 1.54) is 11.8 Å². The molecule has 1 aromatic heterocycles. The van der Waals surface area contributed by atoms with E-state index in [1.807, 2.05) is 0 Å². The Morgan fingerprint density at radius 3 is 2.83 bits per heavy atom. The van der Waals surface area contributed by atoms with Crippen molar-refractivity contribution in [3.05, 3.63) is 40.1 Å². The van der Waals surface area contributed by atoms with Gasteiger partial charge in [0.25, 0.3) is 0 Å². The summed E-state index contributed by atoms with van der Waals surface area (Å²) in [7, 11) is 0. The zero-order valence-electron chi connectivity index (χ0n) is 13.0. The number of amides is 1. The van der Waals surface area contributed by atoms with Gasteiger partial charge in [-0.1, -0.05) is 23.9 Å².